The maximum Gasteiger partial charge on any atom is 0.271 e. The summed E-state index contributed by atoms with van der Waals surface area (Å²) in [5.41, 5.74) is 0.0602. The molecule has 1 fully saturated rings. The molecule has 0 radical (unpaired) electrons. The fraction of sp³-hybridized carbons (Fsp3) is 0.364. The van der Waals surface area contributed by atoms with Crippen molar-refractivity contribution in [3.63, 3.8) is 0 Å². The Morgan fingerprint density at radius 2 is 1.94 bits per heavy atom. The van der Waals surface area contributed by atoms with E-state index in [0.717, 1.165) is 12.1 Å². The normalized spacial score (nSPS) is 16.1. The number of hydrogen-bond acceptors (Lipinski definition) is 4. The predicted molar refractivity (Wildman–Crippen MR) is 59.5 cm³/mol. The summed E-state index contributed by atoms with van der Waals surface area (Å²) in [5.74, 6) is -0.350. The van der Waals surface area contributed by atoms with Crippen LogP contribution in [0.3, 0.4) is 0 Å². The van der Waals surface area contributed by atoms with E-state index in [1.807, 2.05) is 0 Å². The lowest BCUT2D eigenvalue weighted by molar-refractivity contribution is -0.384. The molecule has 0 amide bonds. The number of carbonyl (C=O) groups is 1. The average Bonchev–Trinajstić information content (AvgIpc) is 2.31. The number of halogens is 1. The maximum atomic E-state index is 13.6. The van der Waals surface area contributed by atoms with Crippen LogP contribution in [0.5, 0.6) is 0 Å². The van der Waals surface area contributed by atoms with Gasteiger partial charge in [0, 0.05) is 38.1 Å². The molecule has 2 rings (SSSR count). The molecule has 1 saturated heterocycles. The molecule has 0 bridgehead atoms. The zero-order valence-corrected chi connectivity index (χ0v) is 9.06. The molecule has 0 aromatic heterocycles. The van der Waals surface area contributed by atoms with E-state index in [2.05, 4.69) is 0 Å². The van der Waals surface area contributed by atoms with Crippen LogP contribution in [0.1, 0.15) is 12.8 Å². The quantitative estimate of drug-likeness (QED) is 0.583. The molecule has 0 N–H and O–H groups in total. The fourth-order valence-electron chi connectivity index (χ4n) is 1.85. The first-order valence-corrected chi connectivity index (χ1v) is 5.28. The smallest absolute Gasteiger partial charge is 0.271 e. The van der Waals surface area contributed by atoms with Gasteiger partial charge in [0.15, 0.2) is 0 Å². The van der Waals surface area contributed by atoms with Crippen LogP contribution < -0.4 is 4.90 Å². The van der Waals surface area contributed by atoms with E-state index < -0.39 is 10.7 Å². The Morgan fingerprint density at radius 3 is 2.53 bits per heavy atom. The third kappa shape index (κ3) is 2.41. The van der Waals surface area contributed by atoms with E-state index in [1.54, 1.807) is 4.90 Å². The van der Waals surface area contributed by atoms with Gasteiger partial charge in [-0.05, 0) is 6.07 Å². The number of ketones is 1. The highest BCUT2D eigenvalue weighted by molar-refractivity contribution is 5.81. The molecule has 1 heterocycles. The number of nitro groups is 1. The van der Waals surface area contributed by atoms with Crippen molar-refractivity contribution in [1.82, 2.24) is 0 Å². The minimum atomic E-state index is -0.558. The van der Waals surface area contributed by atoms with Crippen molar-refractivity contribution in [3.05, 3.63) is 34.1 Å². The molecular weight excluding hydrogens is 227 g/mol. The van der Waals surface area contributed by atoms with Crippen LogP contribution in [0.15, 0.2) is 18.2 Å². The third-order valence-electron chi connectivity index (χ3n) is 2.80. The first kappa shape index (κ1) is 11.5. The molecule has 17 heavy (non-hydrogen) atoms. The lowest BCUT2D eigenvalue weighted by Crippen LogP contribution is -2.34. The Labute approximate surface area is 97.0 Å². The van der Waals surface area contributed by atoms with Gasteiger partial charge in [0.1, 0.15) is 11.6 Å². The minimum Gasteiger partial charge on any atom is -0.368 e. The van der Waals surface area contributed by atoms with Crippen LogP contribution in [-0.2, 0) is 4.79 Å². The number of hydrogen-bond donors (Lipinski definition) is 0. The van der Waals surface area contributed by atoms with Crippen molar-refractivity contribution in [1.29, 1.82) is 0 Å². The summed E-state index contributed by atoms with van der Waals surface area (Å²) in [5, 5.41) is 10.6. The third-order valence-corrected chi connectivity index (χ3v) is 2.80. The Morgan fingerprint density at radius 1 is 1.29 bits per heavy atom. The average molecular weight is 238 g/mol. The second-order valence-corrected chi connectivity index (χ2v) is 3.92. The summed E-state index contributed by atoms with van der Waals surface area (Å²) in [7, 11) is 0. The van der Waals surface area contributed by atoms with Crippen molar-refractivity contribution in [2.24, 2.45) is 0 Å². The van der Waals surface area contributed by atoms with Crippen molar-refractivity contribution in [3.8, 4) is 0 Å². The molecule has 1 aliphatic rings. The molecule has 90 valence electrons. The van der Waals surface area contributed by atoms with Gasteiger partial charge in [-0.25, -0.2) is 4.39 Å². The predicted octanol–water partition coefficient (Wildman–Crippen LogP) is 1.90. The lowest BCUT2D eigenvalue weighted by atomic mass is 10.1. The van der Waals surface area contributed by atoms with E-state index in [0.29, 0.717) is 25.9 Å². The number of anilines is 1. The Bertz CT molecular complexity index is 466. The molecule has 0 unspecified atom stereocenters. The Kier molecular flexibility index (Phi) is 3.03. The number of carbonyl (C=O) groups excluding carboxylic acids is 1. The number of piperidine rings is 1. The second-order valence-electron chi connectivity index (χ2n) is 3.92. The highest BCUT2D eigenvalue weighted by Crippen LogP contribution is 2.26. The zero-order chi connectivity index (χ0) is 12.4. The van der Waals surface area contributed by atoms with Crippen molar-refractivity contribution in [2.45, 2.75) is 12.8 Å². The van der Waals surface area contributed by atoms with Crippen LogP contribution in [0.4, 0.5) is 15.8 Å². The monoisotopic (exact) mass is 238 g/mol. The van der Waals surface area contributed by atoms with Gasteiger partial charge in [-0.3, -0.25) is 14.9 Å². The summed E-state index contributed by atoms with van der Waals surface area (Å²) >= 11 is 0. The second kappa shape index (κ2) is 4.48. The number of Topliss-reactive ketones (excluding diaryl/α,β-unsaturated/α-hetero) is 1. The van der Waals surface area contributed by atoms with Gasteiger partial charge in [0.05, 0.1) is 10.6 Å². The highest BCUT2D eigenvalue weighted by Gasteiger charge is 2.21. The summed E-state index contributed by atoms with van der Waals surface area (Å²) in [6.07, 6.45) is 0.726. The van der Waals surface area contributed by atoms with Gasteiger partial charge < -0.3 is 4.90 Å². The van der Waals surface area contributed by atoms with Crippen LogP contribution in [-0.4, -0.2) is 23.8 Å². The van der Waals surface area contributed by atoms with Gasteiger partial charge in [0.25, 0.3) is 5.69 Å². The van der Waals surface area contributed by atoms with Crippen molar-refractivity contribution < 1.29 is 14.1 Å². The fourth-order valence-corrected chi connectivity index (χ4v) is 1.85. The first-order valence-electron chi connectivity index (χ1n) is 5.28. The van der Waals surface area contributed by atoms with Gasteiger partial charge in [-0.2, -0.15) is 0 Å². The van der Waals surface area contributed by atoms with Gasteiger partial charge in [-0.1, -0.05) is 0 Å². The van der Waals surface area contributed by atoms with Crippen LogP contribution in [0.2, 0.25) is 0 Å². The summed E-state index contributed by atoms with van der Waals surface area (Å²) in [4.78, 5) is 22.8. The molecular formula is C11H11FN2O3. The van der Waals surface area contributed by atoms with Crippen molar-refractivity contribution >= 4 is 17.2 Å². The first-order chi connectivity index (χ1) is 8.08. The molecule has 0 saturated carbocycles. The van der Waals surface area contributed by atoms with E-state index in [-0.39, 0.29) is 17.2 Å². The number of rotatable bonds is 2. The number of nitrogens with zero attached hydrogens (tertiary/aromatic N) is 2. The zero-order valence-electron chi connectivity index (χ0n) is 9.06. The van der Waals surface area contributed by atoms with E-state index in [9.17, 15) is 19.3 Å². The highest BCUT2D eigenvalue weighted by atomic mass is 19.1. The van der Waals surface area contributed by atoms with Gasteiger partial charge >= 0.3 is 0 Å². The summed E-state index contributed by atoms with van der Waals surface area (Å²) < 4.78 is 13.6. The number of non-ortho nitro benzene ring substituents is 1. The SMILES string of the molecule is O=C1CCN(c2cc([N+](=O)[O-])ccc2F)CC1. The molecule has 1 aromatic rings. The summed E-state index contributed by atoms with van der Waals surface area (Å²) in [6, 6.07) is 3.43. The number of benzene rings is 1. The number of nitro benzene ring substituents is 1. The van der Waals surface area contributed by atoms with Crippen LogP contribution in [0.25, 0.3) is 0 Å². The molecule has 0 spiro atoms. The van der Waals surface area contributed by atoms with E-state index in [4.69, 9.17) is 0 Å². The van der Waals surface area contributed by atoms with Crippen molar-refractivity contribution in [2.75, 3.05) is 18.0 Å². The standard InChI is InChI=1S/C11H11FN2O3/c12-10-2-1-8(14(16)17)7-11(10)13-5-3-9(15)4-6-13/h1-2,7H,3-6H2. The molecule has 0 atom stereocenters. The summed E-state index contributed by atoms with van der Waals surface area (Å²) in [6.45, 7) is 0.827. The molecule has 6 heteroatoms. The maximum absolute atomic E-state index is 13.6. The molecule has 5 nitrogen and oxygen atoms in total. The Hall–Kier alpha value is -1.98. The minimum absolute atomic E-state index is 0.140. The molecule has 1 aromatic carbocycles. The van der Waals surface area contributed by atoms with Gasteiger partial charge in [0.2, 0.25) is 0 Å². The topological polar surface area (TPSA) is 63.5 Å². The van der Waals surface area contributed by atoms with E-state index >= 15 is 0 Å². The van der Waals surface area contributed by atoms with Crippen LogP contribution >= 0.6 is 0 Å². The lowest BCUT2D eigenvalue weighted by Gasteiger charge is -2.28. The van der Waals surface area contributed by atoms with Crippen LogP contribution in [0, 0.1) is 15.9 Å². The van der Waals surface area contributed by atoms with Gasteiger partial charge in [-0.15, -0.1) is 0 Å². The molecule has 1 aliphatic heterocycles. The molecule has 0 aliphatic carbocycles. The Balaban J connectivity index is 2.27. The largest absolute Gasteiger partial charge is 0.368 e. The van der Waals surface area contributed by atoms with E-state index in [1.165, 1.54) is 6.07 Å².